The molecule has 4 rings (SSSR count). The van der Waals surface area contributed by atoms with Gasteiger partial charge in [-0.3, -0.25) is 19.8 Å². The summed E-state index contributed by atoms with van der Waals surface area (Å²) in [5, 5.41) is 12.2. The molecule has 3 aromatic carbocycles. The molecule has 1 fully saturated rings. The van der Waals surface area contributed by atoms with Crippen LogP contribution in [-0.4, -0.2) is 23.5 Å². The molecular formula is C27H18Cl3N3O4S. The Morgan fingerprint density at radius 1 is 1.05 bits per heavy atom. The molecule has 0 aromatic heterocycles. The minimum atomic E-state index is -0.689. The zero-order valence-corrected chi connectivity index (χ0v) is 22.8. The number of hydrogen-bond acceptors (Lipinski definition) is 6. The molecule has 192 valence electrons. The largest absolute Gasteiger partial charge is 0.490 e. The van der Waals surface area contributed by atoms with Crippen LogP contribution in [0.5, 0.6) is 11.5 Å². The van der Waals surface area contributed by atoms with Gasteiger partial charge in [0.2, 0.25) is 0 Å². The predicted molar refractivity (Wildman–Crippen MR) is 151 cm³/mol. The van der Waals surface area contributed by atoms with Crippen molar-refractivity contribution in [2.75, 3.05) is 11.5 Å². The van der Waals surface area contributed by atoms with E-state index < -0.39 is 11.8 Å². The van der Waals surface area contributed by atoms with Gasteiger partial charge in [0.05, 0.1) is 39.0 Å². The number of ether oxygens (including phenoxy) is 2. The monoisotopic (exact) mass is 585 g/mol. The highest BCUT2D eigenvalue weighted by atomic mass is 35.5. The molecule has 3 aromatic rings. The first-order valence-electron chi connectivity index (χ1n) is 11.2. The first kappa shape index (κ1) is 27.4. The Labute approximate surface area is 239 Å². The summed E-state index contributed by atoms with van der Waals surface area (Å²) in [6.07, 6.45) is 1.37. The van der Waals surface area contributed by atoms with Crippen molar-refractivity contribution in [3.05, 3.63) is 91.9 Å². The minimum Gasteiger partial charge on any atom is -0.490 e. The standard InChI is InChI=1S/C27H18Cl3N3O4S/c1-2-36-22-12-15(11-20(29)24(22)37-14-17-7-4-3-6-16(17)13-31)10-18-25(34)32-27(38)33(26(18)35)21-9-5-8-19(28)23(21)30/h3-12H,2,14H2,1H3,(H,32,34,38)/b18-10-. The van der Waals surface area contributed by atoms with Gasteiger partial charge < -0.3 is 9.47 Å². The lowest BCUT2D eigenvalue weighted by Gasteiger charge is -2.29. The van der Waals surface area contributed by atoms with Crippen molar-refractivity contribution >= 4 is 75.7 Å². The van der Waals surface area contributed by atoms with Gasteiger partial charge in [0, 0.05) is 5.56 Å². The van der Waals surface area contributed by atoms with E-state index in [-0.39, 0.29) is 43.8 Å². The minimum absolute atomic E-state index is 0.0810. The Hall–Kier alpha value is -3.61. The predicted octanol–water partition coefficient (Wildman–Crippen LogP) is 6.33. The molecule has 11 heteroatoms. The molecule has 0 unspecified atom stereocenters. The van der Waals surface area contributed by atoms with Gasteiger partial charge in [-0.15, -0.1) is 0 Å². The highest BCUT2D eigenvalue weighted by Crippen LogP contribution is 2.39. The lowest BCUT2D eigenvalue weighted by atomic mass is 10.1. The van der Waals surface area contributed by atoms with Crippen LogP contribution in [0.1, 0.15) is 23.6 Å². The van der Waals surface area contributed by atoms with Crippen molar-refractivity contribution in [2.24, 2.45) is 0 Å². The Balaban J connectivity index is 1.69. The SMILES string of the molecule is CCOc1cc(/C=C2/C(=O)NC(=S)N(c3cccc(Cl)c3Cl)C2=O)cc(Cl)c1OCc1ccccc1C#N. The summed E-state index contributed by atoms with van der Waals surface area (Å²) < 4.78 is 11.7. The summed E-state index contributed by atoms with van der Waals surface area (Å²) in [6, 6.07) is 17.0. The van der Waals surface area contributed by atoms with Crippen LogP contribution in [0.3, 0.4) is 0 Å². The molecule has 0 spiro atoms. The van der Waals surface area contributed by atoms with Crippen LogP contribution in [-0.2, 0) is 16.2 Å². The molecular weight excluding hydrogens is 569 g/mol. The van der Waals surface area contributed by atoms with Crippen molar-refractivity contribution in [1.82, 2.24) is 5.32 Å². The van der Waals surface area contributed by atoms with Crippen LogP contribution in [0, 0.1) is 11.3 Å². The number of hydrogen-bond donors (Lipinski definition) is 1. The second-order valence-electron chi connectivity index (χ2n) is 7.85. The number of halogens is 3. The molecule has 0 atom stereocenters. The van der Waals surface area contributed by atoms with E-state index in [1.165, 1.54) is 12.1 Å². The second-order valence-corrected chi connectivity index (χ2v) is 9.43. The molecule has 1 aliphatic heterocycles. The normalized spacial score (nSPS) is 14.3. The summed E-state index contributed by atoms with van der Waals surface area (Å²) in [5.41, 5.74) is 1.60. The first-order valence-corrected chi connectivity index (χ1v) is 12.7. The summed E-state index contributed by atoms with van der Waals surface area (Å²) in [6.45, 7) is 2.17. The van der Waals surface area contributed by atoms with Gasteiger partial charge >= 0.3 is 0 Å². The maximum absolute atomic E-state index is 13.4. The van der Waals surface area contributed by atoms with E-state index in [4.69, 9.17) is 56.5 Å². The number of nitriles is 1. The Morgan fingerprint density at radius 3 is 2.55 bits per heavy atom. The average molecular weight is 587 g/mol. The summed E-state index contributed by atoms with van der Waals surface area (Å²) in [7, 11) is 0. The van der Waals surface area contributed by atoms with Crippen LogP contribution in [0.15, 0.2) is 60.2 Å². The molecule has 1 N–H and O–H groups in total. The van der Waals surface area contributed by atoms with E-state index in [1.54, 1.807) is 55.5 Å². The topological polar surface area (TPSA) is 91.7 Å². The lowest BCUT2D eigenvalue weighted by Crippen LogP contribution is -2.54. The van der Waals surface area contributed by atoms with Gasteiger partial charge in [0.25, 0.3) is 11.8 Å². The molecule has 1 aliphatic rings. The number of anilines is 1. The zero-order chi connectivity index (χ0) is 27.4. The van der Waals surface area contributed by atoms with Crippen LogP contribution in [0.4, 0.5) is 5.69 Å². The van der Waals surface area contributed by atoms with E-state index in [2.05, 4.69) is 11.4 Å². The highest BCUT2D eigenvalue weighted by Gasteiger charge is 2.35. The number of carbonyl (C=O) groups is 2. The van der Waals surface area contributed by atoms with E-state index in [0.717, 1.165) is 4.90 Å². The number of carbonyl (C=O) groups excluding carboxylic acids is 2. The van der Waals surface area contributed by atoms with Gasteiger partial charge in [0.15, 0.2) is 16.6 Å². The zero-order valence-electron chi connectivity index (χ0n) is 19.8. The van der Waals surface area contributed by atoms with Crippen molar-refractivity contribution in [3.8, 4) is 17.6 Å². The van der Waals surface area contributed by atoms with Crippen LogP contribution in [0.25, 0.3) is 6.08 Å². The fraction of sp³-hybridized carbons (Fsp3) is 0.111. The smallest absolute Gasteiger partial charge is 0.270 e. The Bertz CT molecular complexity index is 1530. The lowest BCUT2D eigenvalue weighted by molar-refractivity contribution is -0.122. The van der Waals surface area contributed by atoms with Gasteiger partial charge in [-0.05, 0) is 61.1 Å². The van der Waals surface area contributed by atoms with E-state index >= 15 is 0 Å². The quantitative estimate of drug-likeness (QED) is 0.198. The molecule has 2 amide bonds. The van der Waals surface area contributed by atoms with Gasteiger partial charge in [-0.2, -0.15) is 5.26 Å². The van der Waals surface area contributed by atoms with E-state index in [1.807, 2.05) is 0 Å². The molecule has 38 heavy (non-hydrogen) atoms. The molecule has 0 saturated carbocycles. The van der Waals surface area contributed by atoms with Crippen LogP contribution in [0.2, 0.25) is 15.1 Å². The molecule has 1 heterocycles. The summed E-state index contributed by atoms with van der Waals surface area (Å²) >= 11 is 24.2. The number of rotatable bonds is 7. The van der Waals surface area contributed by atoms with Gasteiger partial charge in [0.1, 0.15) is 12.2 Å². The van der Waals surface area contributed by atoms with E-state index in [0.29, 0.717) is 29.0 Å². The van der Waals surface area contributed by atoms with Crippen molar-refractivity contribution in [3.63, 3.8) is 0 Å². The van der Waals surface area contributed by atoms with Crippen LogP contribution < -0.4 is 19.7 Å². The third-order valence-corrected chi connectivity index (χ3v) is 6.80. The van der Waals surface area contributed by atoms with Crippen molar-refractivity contribution in [2.45, 2.75) is 13.5 Å². The first-order chi connectivity index (χ1) is 18.2. The number of nitrogens with one attached hydrogen (secondary N) is 1. The van der Waals surface area contributed by atoms with E-state index in [9.17, 15) is 14.9 Å². The molecule has 1 saturated heterocycles. The summed E-state index contributed by atoms with van der Waals surface area (Å²) in [5.74, 6) is -0.811. The molecule has 0 aliphatic carbocycles. The Morgan fingerprint density at radius 2 is 1.82 bits per heavy atom. The number of thiocarbonyl (C=S) groups is 1. The second kappa shape index (κ2) is 11.8. The van der Waals surface area contributed by atoms with Crippen molar-refractivity contribution < 1.29 is 19.1 Å². The third-order valence-electron chi connectivity index (χ3n) is 5.43. The van der Waals surface area contributed by atoms with Gasteiger partial charge in [-0.1, -0.05) is 59.1 Å². The third kappa shape index (κ3) is 5.62. The maximum Gasteiger partial charge on any atom is 0.270 e. The molecule has 0 bridgehead atoms. The highest BCUT2D eigenvalue weighted by molar-refractivity contribution is 7.80. The van der Waals surface area contributed by atoms with Gasteiger partial charge in [-0.25, -0.2) is 0 Å². The Kier molecular flexibility index (Phi) is 8.55. The molecule has 0 radical (unpaired) electrons. The van der Waals surface area contributed by atoms with Crippen molar-refractivity contribution in [1.29, 1.82) is 5.26 Å². The number of nitrogens with zero attached hydrogens (tertiary/aromatic N) is 2. The number of amides is 2. The average Bonchev–Trinajstić information content (AvgIpc) is 2.89. The van der Waals surface area contributed by atoms with Crippen LogP contribution >= 0.6 is 47.0 Å². The molecule has 7 nitrogen and oxygen atoms in total. The number of benzene rings is 3. The maximum atomic E-state index is 13.4. The fourth-order valence-corrected chi connectivity index (χ4v) is 4.62. The summed E-state index contributed by atoms with van der Waals surface area (Å²) in [4.78, 5) is 27.2. The fourth-order valence-electron chi connectivity index (χ4n) is 3.69.